The molecule has 0 unspecified atom stereocenters. The number of benzene rings is 2. The van der Waals surface area contributed by atoms with E-state index in [9.17, 15) is 13.2 Å². The molecule has 2 N–H and O–H groups in total. The van der Waals surface area contributed by atoms with Crippen LogP contribution in [0.4, 0.5) is 17.2 Å². The Labute approximate surface area is 197 Å². The van der Waals surface area contributed by atoms with E-state index >= 15 is 0 Å². The van der Waals surface area contributed by atoms with Crippen LogP contribution in [0, 0.1) is 0 Å². The fourth-order valence-corrected chi connectivity index (χ4v) is 6.06. The van der Waals surface area contributed by atoms with Gasteiger partial charge in [-0.3, -0.25) is 19.1 Å². The third kappa shape index (κ3) is 4.64. The van der Waals surface area contributed by atoms with Gasteiger partial charge in [-0.15, -0.1) is 0 Å². The molecule has 0 aliphatic carbocycles. The Morgan fingerprint density at radius 1 is 1.03 bits per heavy atom. The second-order valence-electron chi connectivity index (χ2n) is 8.33. The molecule has 0 bridgehead atoms. The van der Waals surface area contributed by atoms with Crippen molar-refractivity contribution in [2.75, 3.05) is 59.5 Å². The van der Waals surface area contributed by atoms with Crippen LogP contribution in [0.2, 0.25) is 5.02 Å². The van der Waals surface area contributed by atoms with Crippen LogP contribution in [-0.2, 0) is 14.8 Å². The average molecular weight is 489 g/mol. The quantitative estimate of drug-likeness (QED) is 0.572. The first kappa shape index (κ1) is 22.0. The summed E-state index contributed by atoms with van der Waals surface area (Å²) in [6.45, 7) is 3.93. The van der Waals surface area contributed by atoms with Crippen LogP contribution < -0.4 is 14.5 Å². The van der Waals surface area contributed by atoms with E-state index < -0.39 is 10.0 Å². The van der Waals surface area contributed by atoms with E-state index in [1.807, 2.05) is 24.3 Å². The highest BCUT2D eigenvalue weighted by atomic mass is 35.5. The van der Waals surface area contributed by atoms with Crippen molar-refractivity contribution in [3.63, 3.8) is 0 Å². The Morgan fingerprint density at radius 3 is 2.45 bits per heavy atom. The number of carbonyl (C=O) groups is 1. The molecule has 2 aliphatic rings. The van der Waals surface area contributed by atoms with Crippen molar-refractivity contribution < 1.29 is 13.2 Å². The number of aromatic nitrogens is 2. The van der Waals surface area contributed by atoms with Gasteiger partial charge < -0.3 is 10.2 Å². The molecule has 2 aliphatic heterocycles. The maximum Gasteiger partial charge on any atom is 0.239 e. The number of hydrogen-bond acceptors (Lipinski definition) is 6. The minimum absolute atomic E-state index is 0.150. The smallest absolute Gasteiger partial charge is 0.239 e. The molecule has 0 spiro atoms. The molecule has 0 radical (unpaired) electrons. The topological polar surface area (TPSA) is 102 Å². The van der Waals surface area contributed by atoms with E-state index in [4.69, 9.17) is 11.6 Å². The van der Waals surface area contributed by atoms with E-state index in [0.29, 0.717) is 34.9 Å². The highest BCUT2D eigenvalue weighted by Gasteiger charge is 2.29. The van der Waals surface area contributed by atoms with Crippen LogP contribution in [-0.4, -0.2) is 74.4 Å². The molecule has 9 nitrogen and oxygen atoms in total. The molecule has 11 heteroatoms. The number of H-pyrrole nitrogens is 1. The SMILES string of the molecule is O=C(CN1CCN(c2ccc(Cl)cc2)CC1)Nc1n[nH]c2ccc(N3CCCS3(=O)=O)cc12. The zero-order valence-electron chi connectivity index (χ0n) is 18.0. The maximum atomic E-state index is 12.7. The number of sulfonamides is 1. The second-order valence-corrected chi connectivity index (χ2v) is 10.8. The molecule has 33 heavy (non-hydrogen) atoms. The number of hydrogen-bond donors (Lipinski definition) is 2. The molecule has 5 rings (SSSR count). The molecule has 0 atom stereocenters. The van der Waals surface area contributed by atoms with Gasteiger partial charge in [-0.05, 0) is 48.9 Å². The first-order valence-corrected chi connectivity index (χ1v) is 12.9. The van der Waals surface area contributed by atoms with Crippen LogP contribution in [0.25, 0.3) is 10.9 Å². The fraction of sp³-hybridized carbons (Fsp3) is 0.364. The second kappa shape index (κ2) is 8.85. The predicted octanol–water partition coefficient (Wildman–Crippen LogP) is 2.52. The summed E-state index contributed by atoms with van der Waals surface area (Å²) >= 11 is 5.97. The Kier molecular flexibility index (Phi) is 5.90. The van der Waals surface area contributed by atoms with Crippen molar-refractivity contribution in [1.29, 1.82) is 0 Å². The highest BCUT2D eigenvalue weighted by molar-refractivity contribution is 7.93. The third-order valence-corrected chi connectivity index (χ3v) is 8.24. The number of rotatable bonds is 5. The summed E-state index contributed by atoms with van der Waals surface area (Å²) in [5.41, 5.74) is 2.46. The van der Waals surface area contributed by atoms with E-state index in [1.165, 1.54) is 4.31 Å². The summed E-state index contributed by atoms with van der Waals surface area (Å²) in [7, 11) is -3.28. The number of fused-ring (bicyclic) bond motifs is 1. The zero-order chi connectivity index (χ0) is 23.0. The first-order valence-electron chi connectivity index (χ1n) is 10.9. The fourth-order valence-electron chi connectivity index (χ4n) is 4.37. The standard InChI is InChI=1S/C22H25ClN6O3S/c23-16-2-4-17(5-3-16)28-11-9-27(10-12-28)15-21(30)24-22-19-14-18(6-7-20(19)25-26-22)29-8-1-13-33(29,31)32/h2-7,14H,1,8-13,15H2,(H2,24,25,26,30). The Bertz CT molecular complexity index is 1270. The summed E-state index contributed by atoms with van der Waals surface area (Å²) in [5.74, 6) is 0.418. The van der Waals surface area contributed by atoms with Gasteiger partial charge in [-0.2, -0.15) is 5.10 Å². The van der Waals surface area contributed by atoms with Gasteiger partial charge in [-0.25, -0.2) is 8.42 Å². The minimum Gasteiger partial charge on any atom is -0.369 e. The van der Waals surface area contributed by atoms with Crippen molar-refractivity contribution in [1.82, 2.24) is 15.1 Å². The summed E-state index contributed by atoms with van der Waals surface area (Å²) in [5, 5.41) is 11.4. The number of halogens is 1. The molecule has 2 aromatic carbocycles. The van der Waals surface area contributed by atoms with E-state index in [-0.39, 0.29) is 18.2 Å². The van der Waals surface area contributed by atoms with E-state index in [0.717, 1.165) is 37.4 Å². The van der Waals surface area contributed by atoms with Crippen LogP contribution in [0.5, 0.6) is 0 Å². The lowest BCUT2D eigenvalue weighted by Crippen LogP contribution is -2.48. The zero-order valence-corrected chi connectivity index (χ0v) is 19.6. The Balaban J connectivity index is 1.22. The Hall–Kier alpha value is -2.82. The van der Waals surface area contributed by atoms with Crippen LogP contribution >= 0.6 is 11.6 Å². The third-order valence-electron chi connectivity index (χ3n) is 6.12. The van der Waals surface area contributed by atoms with Gasteiger partial charge in [0.05, 0.1) is 23.5 Å². The molecule has 3 aromatic rings. The number of aromatic amines is 1. The van der Waals surface area contributed by atoms with E-state index in [2.05, 4.69) is 25.3 Å². The maximum absolute atomic E-state index is 12.7. The lowest BCUT2D eigenvalue weighted by molar-refractivity contribution is -0.117. The first-order chi connectivity index (χ1) is 15.9. The van der Waals surface area contributed by atoms with Crippen LogP contribution in [0.3, 0.4) is 0 Å². The molecular weight excluding hydrogens is 464 g/mol. The van der Waals surface area contributed by atoms with Crippen molar-refractivity contribution >= 4 is 55.6 Å². The van der Waals surface area contributed by atoms with Gasteiger partial charge in [0.2, 0.25) is 15.9 Å². The summed E-state index contributed by atoms with van der Waals surface area (Å²) in [4.78, 5) is 17.1. The lowest BCUT2D eigenvalue weighted by Gasteiger charge is -2.35. The van der Waals surface area contributed by atoms with Crippen molar-refractivity contribution in [3.8, 4) is 0 Å². The van der Waals surface area contributed by atoms with Gasteiger partial charge >= 0.3 is 0 Å². The molecule has 1 amide bonds. The normalized spacial score (nSPS) is 18.7. The van der Waals surface area contributed by atoms with Gasteiger partial charge in [-0.1, -0.05) is 11.6 Å². The molecule has 174 valence electrons. The minimum atomic E-state index is -3.28. The summed E-state index contributed by atoms with van der Waals surface area (Å²) < 4.78 is 26.0. The predicted molar refractivity (Wildman–Crippen MR) is 131 cm³/mol. The average Bonchev–Trinajstić information content (AvgIpc) is 3.36. The monoisotopic (exact) mass is 488 g/mol. The van der Waals surface area contributed by atoms with Crippen LogP contribution in [0.1, 0.15) is 6.42 Å². The van der Waals surface area contributed by atoms with Gasteiger partial charge in [0, 0.05) is 48.8 Å². The largest absolute Gasteiger partial charge is 0.369 e. The number of amides is 1. The Morgan fingerprint density at radius 2 is 1.76 bits per heavy atom. The number of piperazine rings is 1. The number of carbonyl (C=O) groups excluding carboxylic acids is 1. The molecule has 1 aromatic heterocycles. The van der Waals surface area contributed by atoms with Gasteiger partial charge in [0.15, 0.2) is 5.82 Å². The molecule has 0 saturated carbocycles. The number of anilines is 3. The lowest BCUT2D eigenvalue weighted by atomic mass is 10.2. The highest BCUT2D eigenvalue weighted by Crippen LogP contribution is 2.30. The summed E-state index contributed by atoms with van der Waals surface area (Å²) in [6, 6.07) is 13.1. The van der Waals surface area contributed by atoms with Gasteiger partial charge in [0.25, 0.3) is 0 Å². The summed E-state index contributed by atoms with van der Waals surface area (Å²) in [6.07, 6.45) is 0.612. The van der Waals surface area contributed by atoms with E-state index in [1.54, 1.807) is 18.2 Å². The molecule has 2 saturated heterocycles. The van der Waals surface area contributed by atoms with Crippen molar-refractivity contribution in [2.24, 2.45) is 0 Å². The van der Waals surface area contributed by atoms with Gasteiger partial charge in [0.1, 0.15) is 0 Å². The van der Waals surface area contributed by atoms with Crippen molar-refractivity contribution in [3.05, 3.63) is 47.5 Å². The number of nitrogens with zero attached hydrogens (tertiary/aromatic N) is 4. The molecular formula is C22H25ClN6O3S. The van der Waals surface area contributed by atoms with Crippen molar-refractivity contribution in [2.45, 2.75) is 6.42 Å². The molecule has 2 fully saturated rings. The molecule has 3 heterocycles. The van der Waals surface area contributed by atoms with Crippen LogP contribution in [0.15, 0.2) is 42.5 Å². The number of nitrogens with one attached hydrogen (secondary N) is 2.